The van der Waals surface area contributed by atoms with E-state index in [9.17, 15) is 4.79 Å². The summed E-state index contributed by atoms with van der Waals surface area (Å²) in [5.41, 5.74) is 0. The zero-order chi connectivity index (χ0) is 5.11. The monoisotopic (exact) mass is 93.0 g/mol. The van der Waals surface area contributed by atoms with Crippen LogP contribution >= 0.6 is 0 Å². The first kappa shape index (κ1) is 4.12. The van der Waals surface area contributed by atoms with E-state index in [1.807, 2.05) is 0 Å². The van der Waals surface area contributed by atoms with Crippen LogP contribution in [0.1, 0.15) is 0 Å². The van der Waals surface area contributed by atoms with Crippen LogP contribution in [0.25, 0.3) is 0 Å². The molecule has 0 atom stereocenters. The van der Waals surface area contributed by atoms with Gasteiger partial charge in [0.05, 0.1) is 6.08 Å². The molecule has 0 bridgehead atoms. The zero-order valence-corrected chi connectivity index (χ0v) is 3.59. The summed E-state index contributed by atoms with van der Waals surface area (Å²) < 4.78 is 0. The van der Waals surface area contributed by atoms with E-state index >= 15 is 0 Å². The number of amides is 1. The second-order valence-electron chi connectivity index (χ2n) is 1.09. The molecule has 2 radical (unpaired) electrons. The fourth-order valence-electron chi connectivity index (χ4n) is 0.310. The van der Waals surface area contributed by atoms with Crippen molar-refractivity contribution in [1.29, 1.82) is 0 Å². The summed E-state index contributed by atoms with van der Waals surface area (Å²) in [7, 11) is 0. The van der Waals surface area contributed by atoms with Gasteiger partial charge in [0.25, 0.3) is 5.91 Å². The minimum absolute atomic E-state index is 0.303. The van der Waals surface area contributed by atoms with Gasteiger partial charge in [0.15, 0.2) is 0 Å². The van der Waals surface area contributed by atoms with Gasteiger partial charge >= 0.3 is 0 Å². The highest BCUT2D eigenvalue weighted by molar-refractivity contribution is 5.85. The quantitative estimate of drug-likeness (QED) is 0.415. The molecule has 2 heteroatoms. The Bertz CT molecular complexity index is 135. The van der Waals surface area contributed by atoms with E-state index in [0.717, 1.165) is 0 Å². The van der Waals surface area contributed by atoms with Gasteiger partial charge in [-0.3, -0.25) is 4.79 Å². The average molecular weight is 93.1 g/mol. The maximum absolute atomic E-state index is 10.1. The van der Waals surface area contributed by atoms with E-state index in [4.69, 9.17) is 0 Å². The number of hydrogen-bond donors (Lipinski definition) is 0. The van der Waals surface area contributed by atoms with E-state index in [0.29, 0.717) is 0 Å². The molecule has 0 aromatic carbocycles. The molecule has 2 nitrogen and oxygen atoms in total. The van der Waals surface area contributed by atoms with E-state index in [1.165, 1.54) is 12.3 Å². The Labute approximate surface area is 41.5 Å². The van der Waals surface area contributed by atoms with Gasteiger partial charge in [0.1, 0.15) is 0 Å². The average Bonchev–Trinajstić information content (AvgIpc) is 1.69. The van der Waals surface area contributed by atoms with Crippen molar-refractivity contribution in [3.63, 3.8) is 0 Å². The van der Waals surface area contributed by atoms with Crippen LogP contribution in [0, 0.1) is 6.08 Å². The number of carbonyl (C=O) groups is 1. The van der Waals surface area contributed by atoms with E-state index in [-0.39, 0.29) is 5.91 Å². The molecule has 1 aliphatic heterocycles. The first-order chi connectivity index (χ1) is 3.39. The maximum atomic E-state index is 10.1. The molecule has 7 heavy (non-hydrogen) atoms. The van der Waals surface area contributed by atoms with Gasteiger partial charge in [-0.1, -0.05) is 0 Å². The molecule has 1 amide bonds. The molecular formula is C5H3NO. The summed E-state index contributed by atoms with van der Waals surface area (Å²) in [6.45, 7) is 0. The summed E-state index contributed by atoms with van der Waals surface area (Å²) in [5.74, 6) is -0.303. The lowest BCUT2D eigenvalue weighted by atomic mass is 10.4. The predicted octanol–water partition coefficient (Wildman–Crippen LogP) is 0.00409. The van der Waals surface area contributed by atoms with Crippen molar-refractivity contribution in [1.82, 2.24) is 5.32 Å². The molecule has 0 unspecified atom stereocenters. The van der Waals surface area contributed by atoms with Gasteiger partial charge in [-0.15, -0.1) is 0 Å². The second kappa shape index (κ2) is 1.60. The van der Waals surface area contributed by atoms with Crippen LogP contribution < -0.4 is 5.32 Å². The molecule has 0 N–H and O–H groups in total. The normalized spacial score (nSPS) is 16.9. The van der Waals surface area contributed by atoms with Crippen LogP contribution in [0.15, 0.2) is 18.4 Å². The van der Waals surface area contributed by atoms with Crippen molar-refractivity contribution in [2.45, 2.75) is 0 Å². The number of allylic oxidation sites excluding steroid dienone is 2. The summed E-state index contributed by atoms with van der Waals surface area (Å²) in [6, 6.07) is 0. The highest BCUT2D eigenvalue weighted by Crippen LogP contribution is 1.82. The van der Waals surface area contributed by atoms with Crippen molar-refractivity contribution < 1.29 is 4.79 Å². The molecule has 0 fully saturated rings. The smallest absolute Gasteiger partial charge is 0.267 e. The third kappa shape index (κ3) is 0.892. The Balaban J connectivity index is 2.66. The van der Waals surface area contributed by atoms with Crippen LogP contribution in [0.2, 0.25) is 0 Å². The Kier molecular flexibility index (Phi) is 0.941. The lowest BCUT2D eigenvalue weighted by molar-refractivity contribution is -0.116. The van der Waals surface area contributed by atoms with Crippen molar-refractivity contribution in [2.24, 2.45) is 0 Å². The zero-order valence-electron chi connectivity index (χ0n) is 3.59. The Morgan fingerprint density at radius 3 is 2.86 bits per heavy atom. The SMILES string of the molecule is O=C1[C]=CC=C[N]1. The number of nitrogens with zero attached hydrogens (tertiary/aromatic N) is 1. The van der Waals surface area contributed by atoms with Gasteiger partial charge in [-0.25, -0.2) is 5.32 Å². The van der Waals surface area contributed by atoms with Crippen molar-refractivity contribution in [3.8, 4) is 0 Å². The van der Waals surface area contributed by atoms with Crippen molar-refractivity contribution >= 4 is 5.91 Å². The Morgan fingerprint density at radius 1 is 1.71 bits per heavy atom. The fourth-order valence-corrected chi connectivity index (χ4v) is 0.310. The Hall–Kier alpha value is -1.05. The molecule has 1 rings (SSSR count). The lowest BCUT2D eigenvalue weighted by Crippen LogP contribution is -2.07. The summed E-state index contributed by atoms with van der Waals surface area (Å²) in [6.07, 6.45) is 7.00. The van der Waals surface area contributed by atoms with Crippen LogP contribution in [0.3, 0.4) is 0 Å². The van der Waals surface area contributed by atoms with E-state index in [1.54, 1.807) is 6.08 Å². The van der Waals surface area contributed by atoms with Gasteiger partial charge in [-0.2, -0.15) is 0 Å². The molecule has 1 aliphatic rings. The Morgan fingerprint density at radius 2 is 2.57 bits per heavy atom. The number of hydrogen-bond acceptors (Lipinski definition) is 1. The molecule has 0 saturated carbocycles. The number of rotatable bonds is 0. The molecular weight excluding hydrogens is 90.1 g/mol. The van der Waals surface area contributed by atoms with Crippen LogP contribution in [0.4, 0.5) is 0 Å². The lowest BCUT2D eigenvalue weighted by Gasteiger charge is -1.88. The summed E-state index contributed by atoms with van der Waals surface area (Å²) >= 11 is 0. The third-order valence-electron chi connectivity index (χ3n) is 0.581. The van der Waals surface area contributed by atoms with Crippen molar-refractivity contribution in [2.75, 3.05) is 0 Å². The summed E-state index contributed by atoms with van der Waals surface area (Å²) in [5, 5.41) is 3.37. The van der Waals surface area contributed by atoms with Crippen LogP contribution in [-0.4, -0.2) is 5.91 Å². The van der Waals surface area contributed by atoms with Crippen molar-refractivity contribution in [3.05, 3.63) is 24.4 Å². The topological polar surface area (TPSA) is 31.2 Å². The first-order valence-electron chi connectivity index (χ1n) is 1.89. The standard InChI is InChI=1S/C5H3NO/c7-5-3-1-2-4-6-5/h1-2,4H. The van der Waals surface area contributed by atoms with E-state index < -0.39 is 0 Å². The molecule has 0 spiro atoms. The van der Waals surface area contributed by atoms with E-state index in [2.05, 4.69) is 11.4 Å². The fraction of sp³-hybridized carbons (Fsp3) is 0. The van der Waals surface area contributed by atoms with Gasteiger partial charge in [-0.05, 0) is 12.2 Å². The van der Waals surface area contributed by atoms with Gasteiger partial charge in [0, 0.05) is 6.20 Å². The predicted molar refractivity (Wildman–Crippen MR) is 24.1 cm³/mol. The highest BCUT2D eigenvalue weighted by Gasteiger charge is 1.93. The summed E-state index contributed by atoms with van der Waals surface area (Å²) in [4.78, 5) is 10.1. The molecule has 1 heterocycles. The largest absolute Gasteiger partial charge is 0.277 e. The third-order valence-corrected chi connectivity index (χ3v) is 0.581. The van der Waals surface area contributed by atoms with Crippen LogP contribution in [-0.2, 0) is 4.79 Å². The highest BCUT2D eigenvalue weighted by atomic mass is 16.1. The first-order valence-corrected chi connectivity index (χ1v) is 1.89. The molecule has 0 aliphatic carbocycles. The minimum atomic E-state index is -0.303. The molecule has 0 aromatic heterocycles. The van der Waals surface area contributed by atoms with Gasteiger partial charge in [0.2, 0.25) is 0 Å². The number of carbonyl (C=O) groups excluding carboxylic acids is 1. The molecule has 0 aromatic rings. The van der Waals surface area contributed by atoms with Gasteiger partial charge < -0.3 is 0 Å². The molecule has 34 valence electrons. The van der Waals surface area contributed by atoms with Crippen LogP contribution in [0.5, 0.6) is 0 Å². The maximum Gasteiger partial charge on any atom is 0.277 e. The molecule has 0 saturated heterocycles. The minimum Gasteiger partial charge on any atom is -0.267 e. The second-order valence-corrected chi connectivity index (χ2v) is 1.09.